The second-order valence-corrected chi connectivity index (χ2v) is 2.70. The van der Waals surface area contributed by atoms with Gasteiger partial charge in [0.1, 0.15) is 0 Å². The van der Waals surface area contributed by atoms with Crippen molar-refractivity contribution in [3.8, 4) is 0 Å². The molecule has 2 N–H and O–H groups in total. The summed E-state index contributed by atoms with van der Waals surface area (Å²) in [6.45, 7) is 3.42. The summed E-state index contributed by atoms with van der Waals surface area (Å²) in [6.07, 6.45) is 3.56. The molecule has 0 aliphatic heterocycles. The first kappa shape index (κ1) is 12.6. The standard InChI is InChI=1S/C9H15NO4/c1-3-4-5-14-6-8(9(12)13)10-7(2)11/h3-4,8H,5-6H2,1-2H3,(H,10,11)(H,12,13). The van der Waals surface area contributed by atoms with Crippen molar-refractivity contribution in [3.63, 3.8) is 0 Å². The summed E-state index contributed by atoms with van der Waals surface area (Å²) in [6, 6.07) is -0.974. The number of hydrogen-bond acceptors (Lipinski definition) is 3. The quantitative estimate of drug-likeness (QED) is 0.474. The highest BCUT2D eigenvalue weighted by atomic mass is 16.5. The lowest BCUT2D eigenvalue weighted by molar-refractivity contribution is -0.143. The van der Waals surface area contributed by atoms with E-state index in [1.54, 1.807) is 12.2 Å². The third-order valence-corrected chi connectivity index (χ3v) is 1.41. The number of aliphatic carboxylic acids is 1. The topological polar surface area (TPSA) is 75.6 Å². The van der Waals surface area contributed by atoms with Crippen molar-refractivity contribution in [1.29, 1.82) is 0 Å². The van der Waals surface area contributed by atoms with Crippen LogP contribution in [0.4, 0.5) is 0 Å². The van der Waals surface area contributed by atoms with Crippen LogP contribution in [0.25, 0.3) is 0 Å². The Morgan fingerprint density at radius 3 is 2.64 bits per heavy atom. The minimum atomic E-state index is -1.10. The van der Waals surface area contributed by atoms with Gasteiger partial charge in [-0.05, 0) is 6.92 Å². The number of allylic oxidation sites excluding steroid dienone is 1. The summed E-state index contributed by atoms with van der Waals surface area (Å²) in [7, 11) is 0. The van der Waals surface area contributed by atoms with E-state index in [4.69, 9.17) is 9.84 Å². The summed E-state index contributed by atoms with van der Waals surface area (Å²) >= 11 is 0. The molecule has 0 rings (SSSR count). The third-order valence-electron chi connectivity index (χ3n) is 1.41. The predicted octanol–water partition coefficient (Wildman–Crippen LogP) is 0.168. The predicted molar refractivity (Wildman–Crippen MR) is 50.9 cm³/mol. The zero-order valence-electron chi connectivity index (χ0n) is 8.32. The van der Waals surface area contributed by atoms with Crippen molar-refractivity contribution in [2.45, 2.75) is 19.9 Å². The van der Waals surface area contributed by atoms with Crippen LogP contribution in [0.5, 0.6) is 0 Å². The number of hydrogen-bond donors (Lipinski definition) is 2. The fourth-order valence-corrected chi connectivity index (χ4v) is 0.770. The van der Waals surface area contributed by atoms with Crippen LogP contribution in [0.1, 0.15) is 13.8 Å². The first-order valence-corrected chi connectivity index (χ1v) is 4.26. The van der Waals surface area contributed by atoms with Crippen LogP contribution >= 0.6 is 0 Å². The maximum Gasteiger partial charge on any atom is 0.328 e. The number of nitrogens with one attached hydrogen (secondary N) is 1. The smallest absolute Gasteiger partial charge is 0.328 e. The Bertz CT molecular complexity index is 225. The van der Waals surface area contributed by atoms with E-state index in [2.05, 4.69) is 5.32 Å². The van der Waals surface area contributed by atoms with E-state index in [0.717, 1.165) is 0 Å². The zero-order valence-corrected chi connectivity index (χ0v) is 8.32. The van der Waals surface area contributed by atoms with E-state index in [1.807, 2.05) is 6.92 Å². The van der Waals surface area contributed by atoms with Crippen LogP contribution in [0.3, 0.4) is 0 Å². The number of carboxylic acids is 1. The highest BCUT2D eigenvalue weighted by Crippen LogP contribution is 1.88. The molecule has 0 saturated carbocycles. The Morgan fingerprint density at radius 1 is 1.57 bits per heavy atom. The molecular weight excluding hydrogens is 186 g/mol. The highest BCUT2D eigenvalue weighted by molar-refractivity contribution is 5.82. The summed E-state index contributed by atoms with van der Waals surface area (Å²) < 4.78 is 5.02. The van der Waals surface area contributed by atoms with Gasteiger partial charge < -0.3 is 15.2 Å². The van der Waals surface area contributed by atoms with Crippen LogP contribution in [0.2, 0.25) is 0 Å². The number of carbonyl (C=O) groups is 2. The molecule has 0 bridgehead atoms. The molecule has 1 atom stereocenters. The van der Waals surface area contributed by atoms with Gasteiger partial charge in [0.25, 0.3) is 0 Å². The Morgan fingerprint density at radius 2 is 2.21 bits per heavy atom. The minimum Gasteiger partial charge on any atom is -0.480 e. The molecule has 0 aliphatic carbocycles. The number of carboxylic acid groups (broad SMARTS) is 1. The zero-order chi connectivity index (χ0) is 11.0. The van der Waals surface area contributed by atoms with Crippen molar-refractivity contribution in [1.82, 2.24) is 5.32 Å². The van der Waals surface area contributed by atoms with E-state index < -0.39 is 12.0 Å². The maximum absolute atomic E-state index is 10.6. The molecule has 0 aromatic rings. The summed E-state index contributed by atoms with van der Waals surface area (Å²) in [4.78, 5) is 21.2. The average molecular weight is 201 g/mol. The van der Waals surface area contributed by atoms with Crippen LogP contribution in [-0.2, 0) is 14.3 Å². The lowest BCUT2D eigenvalue weighted by Crippen LogP contribution is -2.43. The minimum absolute atomic E-state index is 0.0285. The second kappa shape index (κ2) is 7.08. The van der Waals surface area contributed by atoms with Gasteiger partial charge in [-0.15, -0.1) is 0 Å². The Labute approximate surface area is 82.7 Å². The lowest BCUT2D eigenvalue weighted by atomic mass is 10.3. The molecule has 80 valence electrons. The molecule has 14 heavy (non-hydrogen) atoms. The second-order valence-electron chi connectivity index (χ2n) is 2.70. The molecule has 5 heteroatoms. The maximum atomic E-state index is 10.6. The highest BCUT2D eigenvalue weighted by Gasteiger charge is 2.17. The number of ether oxygens (including phenoxy) is 1. The van der Waals surface area contributed by atoms with E-state index >= 15 is 0 Å². The molecule has 0 spiro atoms. The monoisotopic (exact) mass is 201 g/mol. The molecule has 0 heterocycles. The van der Waals surface area contributed by atoms with E-state index in [9.17, 15) is 9.59 Å². The third kappa shape index (κ3) is 6.19. The normalized spacial score (nSPS) is 12.7. The van der Waals surface area contributed by atoms with Crippen molar-refractivity contribution in [2.24, 2.45) is 0 Å². The van der Waals surface area contributed by atoms with Crippen LogP contribution in [0, 0.1) is 0 Å². The lowest BCUT2D eigenvalue weighted by Gasteiger charge is -2.12. The van der Waals surface area contributed by atoms with Crippen molar-refractivity contribution < 1.29 is 19.4 Å². The number of rotatable bonds is 6. The molecule has 0 aromatic heterocycles. The molecule has 0 radical (unpaired) electrons. The Balaban J connectivity index is 3.85. The average Bonchev–Trinajstić information content (AvgIpc) is 2.09. The van der Waals surface area contributed by atoms with Crippen molar-refractivity contribution in [3.05, 3.63) is 12.2 Å². The molecule has 0 aromatic carbocycles. The largest absolute Gasteiger partial charge is 0.480 e. The molecule has 0 fully saturated rings. The van der Waals surface area contributed by atoms with Gasteiger partial charge in [-0.25, -0.2) is 4.79 Å². The fraction of sp³-hybridized carbons (Fsp3) is 0.556. The van der Waals surface area contributed by atoms with Crippen molar-refractivity contribution >= 4 is 11.9 Å². The van der Waals surface area contributed by atoms with E-state index in [0.29, 0.717) is 6.61 Å². The first-order chi connectivity index (χ1) is 6.57. The van der Waals surface area contributed by atoms with E-state index in [1.165, 1.54) is 6.92 Å². The van der Waals surface area contributed by atoms with Gasteiger partial charge >= 0.3 is 5.97 Å². The van der Waals surface area contributed by atoms with E-state index in [-0.39, 0.29) is 12.5 Å². The van der Waals surface area contributed by atoms with Crippen LogP contribution in [0.15, 0.2) is 12.2 Å². The first-order valence-electron chi connectivity index (χ1n) is 4.26. The summed E-state index contributed by atoms with van der Waals surface area (Å²) in [5.74, 6) is -1.48. The van der Waals surface area contributed by atoms with Gasteiger partial charge in [-0.1, -0.05) is 12.2 Å². The van der Waals surface area contributed by atoms with Crippen molar-refractivity contribution in [2.75, 3.05) is 13.2 Å². The number of carbonyl (C=O) groups excluding carboxylic acids is 1. The van der Waals surface area contributed by atoms with Gasteiger partial charge in [0, 0.05) is 6.92 Å². The molecular formula is C9H15NO4. The van der Waals surface area contributed by atoms with Gasteiger partial charge in [0.2, 0.25) is 5.91 Å². The van der Waals surface area contributed by atoms with Gasteiger partial charge in [-0.3, -0.25) is 4.79 Å². The molecule has 1 amide bonds. The Hall–Kier alpha value is -1.36. The molecule has 5 nitrogen and oxygen atoms in total. The SMILES string of the molecule is CC=CCOCC(NC(C)=O)C(=O)O. The molecule has 0 aliphatic rings. The fourth-order valence-electron chi connectivity index (χ4n) is 0.770. The van der Waals surface area contributed by atoms with Gasteiger partial charge in [0.15, 0.2) is 6.04 Å². The Kier molecular flexibility index (Phi) is 6.39. The molecule has 1 unspecified atom stereocenters. The van der Waals surface area contributed by atoms with Gasteiger partial charge in [0.05, 0.1) is 13.2 Å². The summed E-state index contributed by atoms with van der Waals surface area (Å²) in [5, 5.41) is 10.9. The van der Waals surface area contributed by atoms with Crippen LogP contribution < -0.4 is 5.32 Å². The molecule has 0 saturated heterocycles. The van der Waals surface area contributed by atoms with Crippen LogP contribution in [-0.4, -0.2) is 36.2 Å². The number of amides is 1. The summed E-state index contributed by atoms with van der Waals surface area (Å²) in [5.41, 5.74) is 0. The van der Waals surface area contributed by atoms with Gasteiger partial charge in [-0.2, -0.15) is 0 Å².